The van der Waals surface area contributed by atoms with Gasteiger partial charge in [0.05, 0.1) is 11.4 Å². The minimum atomic E-state index is -1.29. The molecule has 112 valence electrons. The van der Waals surface area contributed by atoms with Crippen molar-refractivity contribution in [2.75, 3.05) is 5.75 Å². The van der Waals surface area contributed by atoms with Gasteiger partial charge in [0.1, 0.15) is 10.7 Å². The van der Waals surface area contributed by atoms with Crippen molar-refractivity contribution >= 4 is 17.7 Å². The van der Waals surface area contributed by atoms with Crippen LogP contribution in [0.3, 0.4) is 0 Å². The third-order valence-electron chi connectivity index (χ3n) is 2.65. The number of benzene rings is 1. The second-order valence-corrected chi connectivity index (χ2v) is 5.14. The number of nitrogens with zero attached hydrogens (tertiary/aromatic N) is 2. The van der Waals surface area contributed by atoms with Gasteiger partial charge in [0.25, 0.3) is 0 Å². The number of aromatic nitrogens is 2. The molecule has 0 bridgehead atoms. The number of halogens is 3. The summed E-state index contributed by atoms with van der Waals surface area (Å²) in [4.78, 5) is 10.6. The van der Waals surface area contributed by atoms with E-state index in [1.54, 1.807) is 6.07 Å². The van der Waals surface area contributed by atoms with Gasteiger partial charge in [-0.3, -0.25) is 4.79 Å². The highest BCUT2D eigenvalue weighted by Crippen LogP contribution is 2.26. The van der Waals surface area contributed by atoms with E-state index in [1.165, 1.54) is 0 Å². The molecule has 21 heavy (non-hydrogen) atoms. The standard InChI is InChI=1S/C13H11F3N2O2S/c1-2-7-3-12(21-6-13(19)20)18(17-7)11-5-9(15)8(14)4-10(11)16/h3-5H,2,6H2,1H3,(H,19,20). The van der Waals surface area contributed by atoms with E-state index in [1.807, 2.05) is 6.92 Å². The Morgan fingerprint density at radius 2 is 1.90 bits per heavy atom. The van der Waals surface area contributed by atoms with Crippen LogP contribution in [0, 0.1) is 17.5 Å². The van der Waals surface area contributed by atoms with Crippen molar-refractivity contribution in [2.45, 2.75) is 18.4 Å². The fourth-order valence-corrected chi connectivity index (χ4v) is 2.42. The number of hydrogen-bond donors (Lipinski definition) is 1. The molecule has 0 aliphatic carbocycles. The van der Waals surface area contributed by atoms with Crippen LogP contribution in [-0.4, -0.2) is 26.6 Å². The van der Waals surface area contributed by atoms with E-state index < -0.39 is 23.4 Å². The highest BCUT2D eigenvalue weighted by atomic mass is 32.2. The van der Waals surface area contributed by atoms with E-state index in [0.29, 0.717) is 29.3 Å². The Morgan fingerprint density at radius 1 is 1.24 bits per heavy atom. The van der Waals surface area contributed by atoms with Crippen LogP contribution in [-0.2, 0) is 11.2 Å². The maximum atomic E-state index is 13.8. The van der Waals surface area contributed by atoms with Gasteiger partial charge >= 0.3 is 5.97 Å². The van der Waals surface area contributed by atoms with Crippen LogP contribution in [0.5, 0.6) is 0 Å². The molecule has 0 aliphatic heterocycles. The Bertz CT molecular complexity index is 688. The van der Waals surface area contributed by atoms with Crippen molar-refractivity contribution in [3.63, 3.8) is 0 Å². The lowest BCUT2D eigenvalue weighted by molar-refractivity contribution is -0.133. The number of aliphatic carboxylic acids is 1. The van der Waals surface area contributed by atoms with Crippen molar-refractivity contribution < 1.29 is 23.1 Å². The Labute approximate surface area is 122 Å². The van der Waals surface area contributed by atoms with Gasteiger partial charge in [-0.25, -0.2) is 17.9 Å². The third kappa shape index (κ3) is 3.38. The van der Waals surface area contributed by atoms with Crippen LogP contribution in [0.15, 0.2) is 23.2 Å². The van der Waals surface area contributed by atoms with E-state index in [4.69, 9.17) is 5.11 Å². The summed E-state index contributed by atoms with van der Waals surface area (Å²) in [5, 5.41) is 13.1. The van der Waals surface area contributed by atoms with Gasteiger partial charge in [0, 0.05) is 12.1 Å². The van der Waals surface area contributed by atoms with Gasteiger partial charge in [-0.05, 0) is 12.5 Å². The molecule has 8 heteroatoms. The number of thioether (sulfide) groups is 1. The zero-order chi connectivity index (χ0) is 15.6. The molecule has 0 unspecified atom stereocenters. The molecule has 1 aromatic carbocycles. The number of aryl methyl sites for hydroxylation is 1. The van der Waals surface area contributed by atoms with Gasteiger partial charge in [-0.15, -0.1) is 0 Å². The minimum Gasteiger partial charge on any atom is -0.481 e. The Balaban J connectivity index is 2.49. The van der Waals surface area contributed by atoms with Crippen molar-refractivity contribution in [2.24, 2.45) is 0 Å². The molecule has 0 fully saturated rings. The fraction of sp³-hybridized carbons (Fsp3) is 0.231. The van der Waals surface area contributed by atoms with E-state index in [2.05, 4.69) is 5.10 Å². The normalized spacial score (nSPS) is 10.9. The first-order valence-corrected chi connectivity index (χ1v) is 6.99. The predicted octanol–water partition coefficient (Wildman–Crippen LogP) is 3.03. The monoisotopic (exact) mass is 316 g/mol. The zero-order valence-electron chi connectivity index (χ0n) is 10.9. The second kappa shape index (κ2) is 6.21. The van der Waals surface area contributed by atoms with Crippen LogP contribution < -0.4 is 0 Å². The predicted molar refractivity (Wildman–Crippen MR) is 71.2 cm³/mol. The molecule has 0 atom stereocenters. The minimum absolute atomic E-state index is 0.250. The van der Waals surface area contributed by atoms with Gasteiger partial charge in [-0.2, -0.15) is 5.10 Å². The van der Waals surface area contributed by atoms with E-state index in [9.17, 15) is 18.0 Å². The number of hydrogen-bond acceptors (Lipinski definition) is 3. The summed E-state index contributed by atoms with van der Waals surface area (Å²) in [7, 11) is 0. The summed E-state index contributed by atoms with van der Waals surface area (Å²) in [5.41, 5.74) is 0.327. The Morgan fingerprint density at radius 3 is 2.52 bits per heavy atom. The zero-order valence-corrected chi connectivity index (χ0v) is 11.8. The van der Waals surface area contributed by atoms with Crippen LogP contribution in [0.4, 0.5) is 13.2 Å². The van der Waals surface area contributed by atoms with Crippen LogP contribution >= 0.6 is 11.8 Å². The highest BCUT2D eigenvalue weighted by molar-refractivity contribution is 7.99. The summed E-state index contributed by atoms with van der Waals surface area (Å²) >= 11 is 0.923. The van der Waals surface area contributed by atoms with Crippen LogP contribution in [0.25, 0.3) is 5.69 Å². The summed E-state index contributed by atoms with van der Waals surface area (Å²) in [6, 6.07) is 2.72. The first kappa shape index (κ1) is 15.4. The van der Waals surface area contributed by atoms with Crippen molar-refractivity contribution in [3.05, 3.63) is 41.3 Å². The van der Waals surface area contributed by atoms with Crippen molar-refractivity contribution in [1.82, 2.24) is 9.78 Å². The quantitative estimate of drug-likeness (QED) is 0.680. The van der Waals surface area contributed by atoms with Gasteiger partial charge in [0.15, 0.2) is 17.5 Å². The molecule has 0 aliphatic rings. The SMILES string of the molecule is CCc1cc(SCC(=O)O)n(-c2cc(F)c(F)cc2F)n1. The molecule has 2 rings (SSSR count). The summed E-state index contributed by atoms with van der Waals surface area (Å²) in [6.45, 7) is 1.82. The third-order valence-corrected chi connectivity index (χ3v) is 3.63. The summed E-state index contributed by atoms with van der Waals surface area (Å²) < 4.78 is 41.2. The maximum Gasteiger partial charge on any atom is 0.313 e. The molecule has 0 spiro atoms. The van der Waals surface area contributed by atoms with Crippen LogP contribution in [0.1, 0.15) is 12.6 Å². The molecule has 0 saturated carbocycles. The van der Waals surface area contributed by atoms with Crippen molar-refractivity contribution in [3.8, 4) is 5.69 Å². The lowest BCUT2D eigenvalue weighted by Gasteiger charge is -2.08. The molecular formula is C13H11F3N2O2S. The van der Waals surface area contributed by atoms with Gasteiger partial charge in [0.2, 0.25) is 0 Å². The number of carbonyl (C=O) groups is 1. The highest BCUT2D eigenvalue weighted by Gasteiger charge is 2.17. The maximum absolute atomic E-state index is 13.8. The van der Waals surface area contributed by atoms with E-state index in [-0.39, 0.29) is 11.4 Å². The second-order valence-electron chi connectivity index (χ2n) is 4.14. The molecule has 1 N–H and O–H groups in total. The molecule has 0 saturated heterocycles. The van der Waals surface area contributed by atoms with Gasteiger partial charge < -0.3 is 5.11 Å². The lowest BCUT2D eigenvalue weighted by Crippen LogP contribution is -2.05. The molecule has 2 aromatic rings. The number of rotatable bonds is 5. The molecular weight excluding hydrogens is 305 g/mol. The average molecular weight is 316 g/mol. The molecule has 0 amide bonds. The molecule has 1 aromatic heterocycles. The number of carboxylic acid groups (broad SMARTS) is 1. The van der Waals surface area contributed by atoms with Crippen LogP contribution in [0.2, 0.25) is 0 Å². The van der Waals surface area contributed by atoms with E-state index in [0.717, 1.165) is 16.4 Å². The molecule has 4 nitrogen and oxygen atoms in total. The van der Waals surface area contributed by atoms with E-state index >= 15 is 0 Å². The summed E-state index contributed by atoms with van der Waals surface area (Å²) in [5.74, 6) is -4.76. The first-order valence-electron chi connectivity index (χ1n) is 6.00. The smallest absolute Gasteiger partial charge is 0.313 e. The van der Waals surface area contributed by atoms with Gasteiger partial charge in [-0.1, -0.05) is 18.7 Å². The first-order chi connectivity index (χ1) is 9.92. The van der Waals surface area contributed by atoms with Crippen molar-refractivity contribution in [1.29, 1.82) is 0 Å². The Kier molecular flexibility index (Phi) is 4.56. The summed E-state index contributed by atoms with van der Waals surface area (Å²) in [6.07, 6.45) is 0.541. The molecule has 1 heterocycles. The largest absolute Gasteiger partial charge is 0.481 e. The Hall–Kier alpha value is -1.96. The average Bonchev–Trinajstić information content (AvgIpc) is 2.83. The topological polar surface area (TPSA) is 55.1 Å². The number of carboxylic acids is 1. The fourth-order valence-electron chi connectivity index (χ4n) is 1.67. The lowest BCUT2D eigenvalue weighted by atomic mass is 10.3. The molecule has 0 radical (unpaired) electrons.